The predicted molar refractivity (Wildman–Crippen MR) is 84.8 cm³/mol. The van der Waals surface area contributed by atoms with Crippen molar-refractivity contribution in [2.75, 3.05) is 18.8 Å². The molecule has 3 rings (SSSR count). The van der Waals surface area contributed by atoms with E-state index in [1.807, 2.05) is 32.0 Å². The fraction of sp³-hybridized carbons (Fsp3) is 0.500. The van der Waals surface area contributed by atoms with Gasteiger partial charge in [-0.15, -0.1) is 0 Å². The first kappa shape index (κ1) is 15.2. The van der Waals surface area contributed by atoms with Gasteiger partial charge in [0.2, 0.25) is 5.91 Å². The predicted octanol–water partition coefficient (Wildman–Crippen LogP) is 1.01. The van der Waals surface area contributed by atoms with Crippen LogP contribution in [0.3, 0.4) is 0 Å². The lowest BCUT2D eigenvalue weighted by atomic mass is 10.1. The summed E-state index contributed by atoms with van der Waals surface area (Å²) in [4.78, 5) is 28.2. The Labute approximate surface area is 132 Å². The Morgan fingerprint density at radius 2 is 2.05 bits per heavy atom. The van der Waals surface area contributed by atoms with Gasteiger partial charge >= 0.3 is 0 Å². The summed E-state index contributed by atoms with van der Waals surface area (Å²) in [6.07, 6.45) is 0. The van der Waals surface area contributed by atoms with E-state index < -0.39 is 10.8 Å². The maximum Gasteiger partial charge on any atom is 0.254 e. The van der Waals surface area contributed by atoms with Gasteiger partial charge in [-0.3, -0.25) is 13.8 Å². The molecular formula is C16H20N2O3S. The maximum absolute atomic E-state index is 12.5. The van der Waals surface area contributed by atoms with Crippen LogP contribution in [0.5, 0.6) is 0 Å². The fourth-order valence-electron chi connectivity index (χ4n) is 3.10. The van der Waals surface area contributed by atoms with Crippen molar-refractivity contribution in [2.45, 2.75) is 31.7 Å². The largest absolute Gasteiger partial charge is 0.336 e. The van der Waals surface area contributed by atoms with Crippen LogP contribution in [0.4, 0.5) is 0 Å². The van der Waals surface area contributed by atoms with Gasteiger partial charge in [0.1, 0.15) is 6.54 Å². The fourth-order valence-corrected chi connectivity index (χ4v) is 4.43. The molecule has 0 radical (unpaired) electrons. The Bertz CT molecular complexity index is 646. The summed E-state index contributed by atoms with van der Waals surface area (Å²) in [5, 5.41) is -0.0239. The number of rotatable bonds is 2. The molecule has 6 heteroatoms. The van der Waals surface area contributed by atoms with Crippen LogP contribution in [0, 0.1) is 0 Å². The number of hydrogen-bond acceptors (Lipinski definition) is 3. The Kier molecular flexibility index (Phi) is 4.04. The van der Waals surface area contributed by atoms with Crippen LogP contribution >= 0.6 is 0 Å². The van der Waals surface area contributed by atoms with Gasteiger partial charge in [0, 0.05) is 41.2 Å². The summed E-state index contributed by atoms with van der Waals surface area (Å²) in [6.45, 7) is 4.94. The van der Waals surface area contributed by atoms with Crippen LogP contribution in [0.25, 0.3) is 0 Å². The van der Waals surface area contributed by atoms with Crippen LogP contribution in [0.2, 0.25) is 0 Å². The Balaban J connectivity index is 1.69. The standard InChI is InChI=1S/C16H20N2O3S/c1-11-12(2)22(21)8-7-18(11)15(19)10-17-9-13-5-3-4-6-14(13)16(17)20/h3-6,11-12H,7-10H2,1-2H3. The highest BCUT2D eigenvalue weighted by Gasteiger charge is 2.35. The second-order valence-corrected chi connectivity index (χ2v) is 7.85. The first-order chi connectivity index (χ1) is 10.5. The molecule has 2 aliphatic rings. The van der Waals surface area contributed by atoms with E-state index in [4.69, 9.17) is 0 Å². The maximum atomic E-state index is 12.5. The van der Waals surface area contributed by atoms with Gasteiger partial charge in [-0.1, -0.05) is 18.2 Å². The lowest BCUT2D eigenvalue weighted by Crippen LogP contribution is -2.54. The molecule has 0 aliphatic carbocycles. The van der Waals surface area contributed by atoms with Gasteiger partial charge in [0.15, 0.2) is 0 Å². The van der Waals surface area contributed by atoms with Crippen LogP contribution in [-0.2, 0) is 22.1 Å². The van der Waals surface area contributed by atoms with Crippen molar-refractivity contribution < 1.29 is 13.8 Å². The number of carbonyl (C=O) groups is 2. The van der Waals surface area contributed by atoms with Crippen molar-refractivity contribution in [1.29, 1.82) is 0 Å². The van der Waals surface area contributed by atoms with Gasteiger partial charge in [0.05, 0.1) is 5.25 Å². The second kappa shape index (κ2) is 5.83. The van der Waals surface area contributed by atoms with Crippen LogP contribution in [-0.4, -0.2) is 56.0 Å². The van der Waals surface area contributed by atoms with Crippen LogP contribution in [0.15, 0.2) is 24.3 Å². The van der Waals surface area contributed by atoms with Crippen LogP contribution < -0.4 is 0 Å². The van der Waals surface area contributed by atoms with Crippen molar-refractivity contribution in [3.05, 3.63) is 35.4 Å². The van der Waals surface area contributed by atoms with Crippen molar-refractivity contribution in [3.8, 4) is 0 Å². The third kappa shape index (κ3) is 2.56. The smallest absolute Gasteiger partial charge is 0.254 e. The third-order valence-corrected chi connectivity index (χ3v) is 6.47. The average Bonchev–Trinajstić information content (AvgIpc) is 2.82. The Hall–Kier alpha value is -1.69. The molecule has 0 aromatic heterocycles. The molecule has 0 bridgehead atoms. The van der Waals surface area contributed by atoms with E-state index >= 15 is 0 Å². The first-order valence-corrected chi connectivity index (χ1v) is 8.91. The van der Waals surface area contributed by atoms with Crippen molar-refractivity contribution >= 4 is 22.6 Å². The van der Waals surface area contributed by atoms with Crippen molar-refractivity contribution in [2.24, 2.45) is 0 Å². The van der Waals surface area contributed by atoms with Gasteiger partial charge in [-0.05, 0) is 25.5 Å². The summed E-state index contributed by atoms with van der Waals surface area (Å²) < 4.78 is 11.8. The van der Waals surface area contributed by atoms with Gasteiger partial charge in [-0.25, -0.2) is 0 Å². The van der Waals surface area contributed by atoms with E-state index in [9.17, 15) is 13.8 Å². The summed E-state index contributed by atoms with van der Waals surface area (Å²) in [6, 6.07) is 7.41. The van der Waals surface area contributed by atoms with Crippen molar-refractivity contribution in [1.82, 2.24) is 9.80 Å². The number of amides is 2. The van der Waals surface area contributed by atoms with Gasteiger partial charge in [0.25, 0.3) is 5.91 Å². The molecule has 3 atom stereocenters. The van der Waals surface area contributed by atoms with Crippen LogP contribution in [0.1, 0.15) is 29.8 Å². The minimum atomic E-state index is -0.870. The Morgan fingerprint density at radius 1 is 1.32 bits per heavy atom. The molecule has 0 saturated carbocycles. The summed E-state index contributed by atoms with van der Waals surface area (Å²) in [5.41, 5.74) is 1.66. The molecule has 3 unspecified atom stereocenters. The molecule has 0 spiro atoms. The molecule has 0 N–H and O–H groups in total. The third-order valence-electron chi connectivity index (χ3n) is 4.66. The van der Waals surface area contributed by atoms with E-state index in [1.54, 1.807) is 15.9 Å². The highest BCUT2D eigenvalue weighted by Crippen LogP contribution is 2.23. The summed E-state index contributed by atoms with van der Waals surface area (Å²) >= 11 is 0. The molecule has 5 nitrogen and oxygen atoms in total. The zero-order chi connectivity index (χ0) is 15.9. The SMILES string of the molecule is CC1C(C)S(=O)CCN1C(=O)CN1Cc2ccccc2C1=O. The number of fused-ring (bicyclic) bond motifs is 1. The highest BCUT2D eigenvalue weighted by atomic mass is 32.2. The van der Waals surface area contributed by atoms with E-state index in [1.165, 1.54) is 0 Å². The molecule has 22 heavy (non-hydrogen) atoms. The summed E-state index contributed by atoms with van der Waals surface area (Å²) in [5.74, 6) is 0.383. The van der Waals surface area contributed by atoms with Gasteiger partial charge < -0.3 is 9.80 Å². The molecule has 2 aliphatic heterocycles. The van der Waals surface area contributed by atoms with E-state index in [0.29, 0.717) is 24.4 Å². The molecular weight excluding hydrogens is 300 g/mol. The number of benzene rings is 1. The zero-order valence-corrected chi connectivity index (χ0v) is 13.6. The minimum Gasteiger partial charge on any atom is -0.336 e. The van der Waals surface area contributed by atoms with Gasteiger partial charge in [-0.2, -0.15) is 0 Å². The highest BCUT2D eigenvalue weighted by molar-refractivity contribution is 7.85. The topological polar surface area (TPSA) is 57.7 Å². The first-order valence-electron chi connectivity index (χ1n) is 7.53. The molecule has 118 valence electrons. The quantitative estimate of drug-likeness (QED) is 0.817. The molecule has 1 aromatic rings. The monoisotopic (exact) mass is 320 g/mol. The molecule has 2 amide bonds. The molecule has 1 fully saturated rings. The summed E-state index contributed by atoms with van der Waals surface area (Å²) in [7, 11) is -0.870. The number of carbonyl (C=O) groups excluding carboxylic acids is 2. The van der Waals surface area contributed by atoms with E-state index in [-0.39, 0.29) is 29.7 Å². The minimum absolute atomic E-state index is 0.0239. The normalized spacial score (nSPS) is 27.9. The molecule has 1 aromatic carbocycles. The lowest BCUT2D eigenvalue weighted by molar-refractivity contribution is -0.133. The zero-order valence-electron chi connectivity index (χ0n) is 12.8. The van der Waals surface area contributed by atoms with E-state index in [2.05, 4.69) is 0 Å². The Morgan fingerprint density at radius 3 is 2.77 bits per heavy atom. The average molecular weight is 320 g/mol. The number of nitrogens with zero attached hydrogens (tertiary/aromatic N) is 2. The molecule has 1 saturated heterocycles. The number of hydrogen-bond donors (Lipinski definition) is 0. The second-order valence-electron chi connectivity index (χ2n) is 5.94. The van der Waals surface area contributed by atoms with Crippen molar-refractivity contribution in [3.63, 3.8) is 0 Å². The molecule has 2 heterocycles. The van der Waals surface area contributed by atoms with E-state index in [0.717, 1.165) is 5.56 Å². The lowest BCUT2D eigenvalue weighted by Gasteiger charge is -2.38.